The largest absolute Gasteiger partial charge is 0.462 e. The van der Waals surface area contributed by atoms with E-state index >= 15 is 0 Å². The zero-order chi connectivity index (χ0) is 24.6. The van der Waals surface area contributed by atoms with Gasteiger partial charge < -0.3 is 15.8 Å². The van der Waals surface area contributed by atoms with E-state index in [4.69, 9.17) is 10.5 Å². The highest BCUT2D eigenvalue weighted by Gasteiger charge is 2.14. The maximum Gasteiger partial charge on any atom is 0.338 e. The molecule has 12 heteroatoms. The maximum atomic E-state index is 11.9. The molecule has 5 N–H and O–H groups in total. The van der Waals surface area contributed by atoms with Crippen molar-refractivity contribution in [2.45, 2.75) is 6.92 Å². The average Bonchev–Trinajstić information content (AvgIpc) is 3.35. The van der Waals surface area contributed by atoms with Gasteiger partial charge in [0, 0.05) is 16.8 Å². The minimum atomic E-state index is -0.421. The number of anilines is 4. The van der Waals surface area contributed by atoms with Crippen LogP contribution in [0.3, 0.4) is 0 Å². The molecule has 35 heavy (non-hydrogen) atoms. The number of hydrogen-bond donors (Lipinski definition) is 4. The van der Waals surface area contributed by atoms with E-state index in [2.05, 4.69) is 41.2 Å². The third-order valence-electron chi connectivity index (χ3n) is 4.75. The summed E-state index contributed by atoms with van der Waals surface area (Å²) in [4.78, 5) is 31.2. The van der Waals surface area contributed by atoms with Crippen molar-refractivity contribution in [1.29, 1.82) is 0 Å². The van der Waals surface area contributed by atoms with Crippen LogP contribution in [0.25, 0.3) is 11.3 Å². The van der Waals surface area contributed by atoms with Gasteiger partial charge in [-0.15, -0.1) is 4.91 Å². The van der Waals surface area contributed by atoms with Crippen molar-refractivity contribution >= 4 is 41.1 Å². The van der Waals surface area contributed by atoms with Gasteiger partial charge in [-0.2, -0.15) is 15.2 Å². The second-order valence-corrected chi connectivity index (χ2v) is 7.08. The molecule has 12 nitrogen and oxygen atoms in total. The summed E-state index contributed by atoms with van der Waals surface area (Å²) in [5.41, 5.74) is 12.0. The topological polar surface area (TPSA) is 173 Å². The maximum absolute atomic E-state index is 11.9. The van der Waals surface area contributed by atoms with E-state index in [-0.39, 0.29) is 29.9 Å². The van der Waals surface area contributed by atoms with E-state index in [0.29, 0.717) is 11.3 Å². The molecule has 0 aliphatic rings. The monoisotopic (exact) mass is 471 g/mol. The lowest BCUT2D eigenvalue weighted by Crippen LogP contribution is -2.06. The van der Waals surface area contributed by atoms with Crippen LogP contribution in [0.4, 0.5) is 29.0 Å². The van der Waals surface area contributed by atoms with Gasteiger partial charge in [-0.05, 0) is 36.4 Å². The molecule has 0 spiro atoms. The average molecular weight is 471 g/mol. The van der Waals surface area contributed by atoms with Gasteiger partial charge in [-0.25, -0.2) is 9.78 Å². The van der Waals surface area contributed by atoms with Crippen LogP contribution < -0.4 is 16.5 Å². The van der Waals surface area contributed by atoms with Crippen molar-refractivity contribution < 1.29 is 9.53 Å². The molecule has 0 aliphatic heterocycles. The number of aromatic nitrogens is 4. The quantitative estimate of drug-likeness (QED) is 0.121. The molecular formula is C23H21N9O3. The van der Waals surface area contributed by atoms with Crippen LogP contribution in [0.15, 0.2) is 71.1 Å². The number of H-pyrrole nitrogens is 1. The van der Waals surface area contributed by atoms with Crippen molar-refractivity contribution in [3.8, 4) is 11.3 Å². The Kier molecular flexibility index (Phi) is 7.02. The number of hydrogen-bond acceptors (Lipinski definition) is 11. The fourth-order valence-electron chi connectivity index (χ4n) is 3.10. The molecule has 0 unspecified atom stereocenters. The van der Waals surface area contributed by atoms with Gasteiger partial charge >= 0.3 is 5.97 Å². The van der Waals surface area contributed by atoms with Crippen molar-refractivity contribution in [3.63, 3.8) is 0 Å². The third-order valence-corrected chi connectivity index (χ3v) is 4.75. The molecule has 2 aromatic carbocycles. The summed E-state index contributed by atoms with van der Waals surface area (Å²) in [5, 5.41) is 17.1. The highest BCUT2D eigenvalue weighted by molar-refractivity contribution is 5.90. The number of rotatable bonds is 9. The van der Waals surface area contributed by atoms with Crippen LogP contribution in [-0.2, 0) is 4.74 Å². The number of carbonyl (C=O) groups is 1. The number of carbonyl (C=O) groups excluding carboxylic acids is 1. The van der Waals surface area contributed by atoms with Crippen molar-refractivity contribution in [2.75, 3.05) is 23.1 Å². The molecule has 0 saturated heterocycles. The van der Waals surface area contributed by atoms with E-state index in [9.17, 15) is 9.70 Å². The SMILES string of the molecule is CCOC(=O)c1ccc(Nc2nc(N)c(N=O)nc2N/N=C/c2cn[nH]c2-c2ccccc2)cc1. The lowest BCUT2D eigenvalue weighted by Gasteiger charge is -2.11. The van der Waals surface area contributed by atoms with Gasteiger partial charge in [-0.1, -0.05) is 30.3 Å². The molecule has 0 aliphatic carbocycles. The van der Waals surface area contributed by atoms with E-state index in [1.807, 2.05) is 30.3 Å². The molecule has 0 fully saturated rings. The highest BCUT2D eigenvalue weighted by Crippen LogP contribution is 2.28. The Morgan fingerprint density at radius 2 is 1.89 bits per heavy atom. The first-order valence-electron chi connectivity index (χ1n) is 10.5. The summed E-state index contributed by atoms with van der Waals surface area (Å²) in [6.07, 6.45) is 3.18. The lowest BCUT2D eigenvalue weighted by molar-refractivity contribution is 0.0526. The number of aromatic amines is 1. The molecule has 2 aromatic heterocycles. The smallest absolute Gasteiger partial charge is 0.338 e. The Balaban J connectivity index is 1.56. The summed E-state index contributed by atoms with van der Waals surface area (Å²) in [6, 6.07) is 16.2. The zero-order valence-corrected chi connectivity index (χ0v) is 18.6. The Hall–Kier alpha value is -5.13. The Bertz CT molecular complexity index is 1350. The molecule has 0 radical (unpaired) electrons. The Labute approximate surface area is 199 Å². The predicted molar refractivity (Wildman–Crippen MR) is 133 cm³/mol. The summed E-state index contributed by atoms with van der Waals surface area (Å²) in [7, 11) is 0. The summed E-state index contributed by atoms with van der Waals surface area (Å²) in [5.74, 6) is -0.536. The van der Waals surface area contributed by atoms with Gasteiger partial charge in [0.2, 0.25) is 5.82 Å². The van der Waals surface area contributed by atoms with E-state index in [0.717, 1.165) is 16.8 Å². The number of esters is 1. The molecule has 0 atom stereocenters. The number of nitrogen functional groups attached to an aromatic ring is 1. The summed E-state index contributed by atoms with van der Waals surface area (Å²) in [6.45, 7) is 2.02. The molecule has 4 aromatic rings. The minimum Gasteiger partial charge on any atom is -0.462 e. The van der Waals surface area contributed by atoms with Crippen LogP contribution in [0.5, 0.6) is 0 Å². The number of benzene rings is 2. The van der Waals surface area contributed by atoms with Crippen molar-refractivity contribution in [3.05, 3.63) is 76.8 Å². The van der Waals surface area contributed by atoms with E-state index < -0.39 is 5.97 Å². The van der Waals surface area contributed by atoms with Crippen LogP contribution in [0, 0.1) is 4.91 Å². The third kappa shape index (κ3) is 5.45. The summed E-state index contributed by atoms with van der Waals surface area (Å²) < 4.78 is 4.99. The second-order valence-electron chi connectivity index (χ2n) is 7.08. The first-order valence-corrected chi connectivity index (χ1v) is 10.5. The van der Waals surface area contributed by atoms with Gasteiger partial charge in [0.05, 0.1) is 30.3 Å². The van der Waals surface area contributed by atoms with E-state index in [1.54, 1.807) is 43.6 Å². The van der Waals surface area contributed by atoms with E-state index in [1.165, 1.54) is 0 Å². The Morgan fingerprint density at radius 3 is 2.60 bits per heavy atom. The van der Waals surface area contributed by atoms with Crippen LogP contribution in [0.1, 0.15) is 22.8 Å². The predicted octanol–water partition coefficient (Wildman–Crippen LogP) is 4.21. The Morgan fingerprint density at radius 1 is 1.11 bits per heavy atom. The molecule has 0 bridgehead atoms. The van der Waals surface area contributed by atoms with Crippen LogP contribution in [-0.4, -0.2) is 39.0 Å². The van der Waals surface area contributed by atoms with Crippen molar-refractivity contribution in [1.82, 2.24) is 20.2 Å². The van der Waals surface area contributed by atoms with Crippen LogP contribution >= 0.6 is 0 Å². The lowest BCUT2D eigenvalue weighted by atomic mass is 10.1. The highest BCUT2D eigenvalue weighted by atomic mass is 16.5. The second kappa shape index (κ2) is 10.7. The normalized spacial score (nSPS) is 10.8. The van der Waals surface area contributed by atoms with Crippen molar-refractivity contribution in [2.24, 2.45) is 10.3 Å². The molecule has 2 heterocycles. The van der Waals surface area contributed by atoms with Gasteiger partial charge in [0.15, 0.2) is 17.5 Å². The zero-order valence-electron chi connectivity index (χ0n) is 18.6. The number of nitrogens with zero attached hydrogens (tertiary/aromatic N) is 5. The standard InChI is InChI=1S/C23H21N9O3/c1-2-35-23(33)15-8-10-17(11-9-15)27-21-22(29-20(32-34)19(24)28-21)31-26-13-16-12-25-30-18(16)14-6-4-3-5-7-14/h3-13H,2H2,1H3,(H,25,30)(H,29,31)(H3,24,27,28)/b26-13+. The number of hydrazone groups is 1. The first-order chi connectivity index (χ1) is 17.1. The molecule has 0 saturated carbocycles. The number of nitroso groups, excluding NO2 is 1. The van der Waals surface area contributed by atoms with Gasteiger partial charge in [-0.3, -0.25) is 10.5 Å². The van der Waals surface area contributed by atoms with Gasteiger partial charge in [0.25, 0.3) is 0 Å². The number of ether oxygens (including phenoxy) is 1. The first kappa shape index (κ1) is 23.0. The molecule has 4 rings (SSSR count). The summed E-state index contributed by atoms with van der Waals surface area (Å²) >= 11 is 0. The van der Waals surface area contributed by atoms with Crippen LogP contribution in [0.2, 0.25) is 0 Å². The molecular weight excluding hydrogens is 450 g/mol. The minimum absolute atomic E-state index is 0.115. The molecule has 0 amide bonds. The fourth-order valence-corrected chi connectivity index (χ4v) is 3.10. The fraction of sp³-hybridized carbons (Fsp3) is 0.0870. The number of nitrogens with two attached hydrogens (primary N) is 1. The number of nitrogens with one attached hydrogen (secondary N) is 3. The molecule has 176 valence electrons. The van der Waals surface area contributed by atoms with Gasteiger partial charge in [0.1, 0.15) is 0 Å².